The molecule has 0 aromatic carbocycles. The van der Waals surface area contributed by atoms with Crippen molar-refractivity contribution in [2.24, 2.45) is 11.3 Å². The molecule has 1 saturated heterocycles. The predicted molar refractivity (Wildman–Crippen MR) is 87.5 cm³/mol. The Kier molecular flexibility index (Phi) is 7.50. The van der Waals surface area contributed by atoms with Gasteiger partial charge in [-0.2, -0.15) is 0 Å². The molecule has 4 heteroatoms. The highest BCUT2D eigenvalue weighted by Crippen LogP contribution is 2.23. The third-order valence-corrected chi connectivity index (χ3v) is 3.95. The van der Waals surface area contributed by atoms with Gasteiger partial charge in [-0.05, 0) is 31.1 Å². The van der Waals surface area contributed by atoms with Crippen LogP contribution in [-0.4, -0.2) is 43.3 Å². The number of piperidine rings is 1. The van der Waals surface area contributed by atoms with Gasteiger partial charge < -0.3 is 15.0 Å². The van der Waals surface area contributed by atoms with E-state index in [4.69, 9.17) is 4.74 Å². The van der Waals surface area contributed by atoms with Gasteiger partial charge in [0.05, 0.1) is 6.61 Å². The van der Waals surface area contributed by atoms with E-state index in [0.717, 1.165) is 19.6 Å². The van der Waals surface area contributed by atoms with Crippen molar-refractivity contribution in [3.63, 3.8) is 0 Å². The third-order valence-electron chi connectivity index (χ3n) is 3.95. The first kappa shape index (κ1) is 18.3. The van der Waals surface area contributed by atoms with Gasteiger partial charge in [-0.1, -0.05) is 40.5 Å². The van der Waals surface area contributed by atoms with Crippen LogP contribution in [0.4, 0.5) is 4.79 Å². The van der Waals surface area contributed by atoms with Crippen LogP contribution in [-0.2, 0) is 4.74 Å². The molecule has 1 fully saturated rings. The van der Waals surface area contributed by atoms with Gasteiger partial charge >= 0.3 is 6.09 Å². The number of likely N-dealkylation sites (tertiary alicyclic amines) is 1. The number of hydrogen-bond donors (Lipinski definition) is 1. The third kappa shape index (κ3) is 7.16. The molecule has 21 heavy (non-hydrogen) atoms. The molecule has 1 aliphatic heterocycles. The van der Waals surface area contributed by atoms with Crippen molar-refractivity contribution in [3.05, 3.63) is 0 Å². The minimum absolute atomic E-state index is 0.152. The number of nitrogens with zero attached hydrogens (tertiary/aromatic N) is 1. The second kappa shape index (κ2) is 8.62. The fourth-order valence-electron chi connectivity index (χ4n) is 2.87. The van der Waals surface area contributed by atoms with Gasteiger partial charge in [-0.15, -0.1) is 0 Å². The summed E-state index contributed by atoms with van der Waals surface area (Å²) in [5.74, 6) is 0.598. The van der Waals surface area contributed by atoms with Crippen molar-refractivity contribution in [3.8, 4) is 0 Å². The van der Waals surface area contributed by atoms with Crippen LogP contribution in [0.15, 0.2) is 0 Å². The minimum Gasteiger partial charge on any atom is -0.450 e. The molecule has 1 rings (SSSR count). The average Bonchev–Trinajstić information content (AvgIpc) is 2.42. The summed E-state index contributed by atoms with van der Waals surface area (Å²) in [6.07, 6.45) is 4.69. The molecule has 2 unspecified atom stereocenters. The highest BCUT2D eigenvalue weighted by Gasteiger charge is 2.30. The lowest BCUT2D eigenvalue weighted by Crippen LogP contribution is -2.52. The Hall–Kier alpha value is -0.770. The van der Waals surface area contributed by atoms with Crippen LogP contribution in [0.5, 0.6) is 0 Å². The lowest BCUT2D eigenvalue weighted by atomic mass is 9.89. The first-order valence-electron chi connectivity index (χ1n) is 8.50. The lowest BCUT2D eigenvalue weighted by Gasteiger charge is -2.38. The van der Waals surface area contributed by atoms with Crippen LogP contribution in [0, 0.1) is 11.3 Å². The first-order chi connectivity index (χ1) is 9.85. The summed E-state index contributed by atoms with van der Waals surface area (Å²) in [4.78, 5) is 13.9. The summed E-state index contributed by atoms with van der Waals surface area (Å²) < 4.78 is 5.19. The first-order valence-corrected chi connectivity index (χ1v) is 8.50. The highest BCUT2D eigenvalue weighted by atomic mass is 16.6. The zero-order valence-corrected chi connectivity index (χ0v) is 14.6. The second-order valence-corrected chi connectivity index (χ2v) is 7.49. The molecule has 0 aliphatic carbocycles. The molecule has 0 saturated carbocycles. The van der Waals surface area contributed by atoms with Gasteiger partial charge in [-0.3, -0.25) is 0 Å². The number of hydrogen-bond acceptors (Lipinski definition) is 3. The topological polar surface area (TPSA) is 41.6 Å². The number of amides is 1. The van der Waals surface area contributed by atoms with Gasteiger partial charge in [0.2, 0.25) is 0 Å². The molecule has 0 aromatic heterocycles. The molecule has 1 heterocycles. The number of rotatable bonds is 6. The van der Waals surface area contributed by atoms with Crippen molar-refractivity contribution in [1.82, 2.24) is 10.2 Å². The normalized spacial score (nSPS) is 23.2. The Labute approximate surface area is 130 Å². The molecule has 1 amide bonds. The minimum atomic E-state index is -0.152. The molecule has 2 atom stereocenters. The second-order valence-electron chi connectivity index (χ2n) is 7.49. The Balaban J connectivity index is 2.58. The van der Waals surface area contributed by atoms with Gasteiger partial charge in [0.15, 0.2) is 0 Å². The van der Waals surface area contributed by atoms with Gasteiger partial charge in [0, 0.05) is 25.7 Å². The summed E-state index contributed by atoms with van der Waals surface area (Å²) in [6.45, 7) is 13.9. The zero-order valence-electron chi connectivity index (χ0n) is 14.6. The molecular formula is C17H34N2O2. The summed E-state index contributed by atoms with van der Waals surface area (Å²) in [5, 5.41) is 3.65. The molecule has 0 radical (unpaired) electrons. The monoisotopic (exact) mass is 298 g/mol. The number of unbranched alkanes of at least 4 members (excludes halogenated alkanes) is 1. The van der Waals surface area contributed by atoms with Gasteiger partial charge in [0.25, 0.3) is 0 Å². The summed E-state index contributed by atoms with van der Waals surface area (Å²) in [6, 6.07) is 0.393. The largest absolute Gasteiger partial charge is 0.450 e. The Morgan fingerprint density at radius 3 is 2.57 bits per heavy atom. The molecular weight excluding hydrogens is 264 g/mol. The quantitative estimate of drug-likeness (QED) is 0.813. The molecule has 0 aromatic rings. The fourth-order valence-corrected chi connectivity index (χ4v) is 2.87. The van der Waals surface area contributed by atoms with E-state index in [1.165, 1.54) is 25.7 Å². The summed E-state index contributed by atoms with van der Waals surface area (Å²) >= 11 is 0. The van der Waals surface area contributed by atoms with E-state index in [9.17, 15) is 4.79 Å². The van der Waals surface area contributed by atoms with Crippen molar-refractivity contribution in [1.29, 1.82) is 0 Å². The maximum absolute atomic E-state index is 12.0. The van der Waals surface area contributed by atoms with Crippen LogP contribution in [0.25, 0.3) is 0 Å². The van der Waals surface area contributed by atoms with Gasteiger partial charge in [-0.25, -0.2) is 4.79 Å². The van der Waals surface area contributed by atoms with E-state index in [0.29, 0.717) is 18.6 Å². The molecule has 1 aliphatic rings. The molecule has 4 nitrogen and oxygen atoms in total. The SMILES string of the molecule is CCCCC1CC(NCC(C)(C)C)CN(C(=O)OCC)C1. The summed E-state index contributed by atoms with van der Waals surface area (Å²) in [5.41, 5.74) is 0.269. The van der Waals surface area contributed by atoms with Crippen LogP contribution in [0.2, 0.25) is 0 Å². The maximum atomic E-state index is 12.0. The zero-order chi connectivity index (χ0) is 15.9. The van der Waals surface area contributed by atoms with E-state index in [-0.39, 0.29) is 11.5 Å². The van der Waals surface area contributed by atoms with E-state index in [2.05, 4.69) is 33.0 Å². The van der Waals surface area contributed by atoms with Crippen molar-refractivity contribution >= 4 is 6.09 Å². The fraction of sp³-hybridized carbons (Fsp3) is 0.941. The smallest absolute Gasteiger partial charge is 0.409 e. The van der Waals surface area contributed by atoms with Crippen LogP contribution < -0.4 is 5.32 Å². The lowest BCUT2D eigenvalue weighted by molar-refractivity contribution is 0.0757. The number of carbonyl (C=O) groups is 1. The molecule has 1 N–H and O–H groups in total. The van der Waals surface area contributed by atoms with E-state index in [1.54, 1.807) is 0 Å². The predicted octanol–water partition coefficient (Wildman–Crippen LogP) is 3.66. The maximum Gasteiger partial charge on any atom is 0.409 e. The number of ether oxygens (including phenoxy) is 1. The van der Waals surface area contributed by atoms with Crippen LogP contribution in [0.1, 0.15) is 60.3 Å². The van der Waals surface area contributed by atoms with E-state index in [1.807, 2.05) is 11.8 Å². The van der Waals surface area contributed by atoms with Crippen LogP contribution in [0.3, 0.4) is 0 Å². The van der Waals surface area contributed by atoms with Gasteiger partial charge in [0.1, 0.15) is 0 Å². The summed E-state index contributed by atoms with van der Waals surface area (Å²) in [7, 11) is 0. The Morgan fingerprint density at radius 1 is 1.29 bits per heavy atom. The Morgan fingerprint density at radius 2 is 2.00 bits per heavy atom. The standard InChI is InChI=1S/C17H34N2O2/c1-6-8-9-14-10-15(18-13-17(3,4)5)12-19(11-14)16(20)21-7-2/h14-15,18H,6-13H2,1-5H3. The Bertz CT molecular complexity index is 312. The van der Waals surface area contributed by atoms with Crippen molar-refractivity contribution < 1.29 is 9.53 Å². The number of carbonyl (C=O) groups excluding carboxylic acids is 1. The van der Waals surface area contributed by atoms with E-state index < -0.39 is 0 Å². The molecule has 124 valence electrons. The molecule has 0 bridgehead atoms. The van der Waals surface area contributed by atoms with Crippen LogP contribution >= 0.6 is 0 Å². The number of nitrogens with one attached hydrogen (secondary N) is 1. The van der Waals surface area contributed by atoms with E-state index >= 15 is 0 Å². The highest BCUT2D eigenvalue weighted by molar-refractivity contribution is 5.67. The van der Waals surface area contributed by atoms with Crippen molar-refractivity contribution in [2.75, 3.05) is 26.2 Å². The van der Waals surface area contributed by atoms with Crippen molar-refractivity contribution in [2.45, 2.75) is 66.3 Å². The average molecular weight is 298 g/mol. The molecule has 0 spiro atoms.